The minimum absolute atomic E-state index is 0.109. The molecule has 1 N–H and O–H groups in total. The molecule has 0 aliphatic carbocycles. The second kappa shape index (κ2) is 6.27. The number of piperazine rings is 1. The van der Waals surface area contributed by atoms with Crippen LogP contribution in [0.25, 0.3) is 0 Å². The fourth-order valence-electron chi connectivity index (χ4n) is 2.82. The molecule has 0 aromatic carbocycles. The summed E-state index contributed by atoms with van der Waals surface area (Å²) in [6.07, 6.45) is 1.02. The molecule has 0 unspecified atom stereocenters. The maximum absolute atomic E-state index is 12.4. The summed E-state index contributed by atoms with van der Waals surface area (Å²) in [5.41, 5.74) is 0. The highest BCUT2D eigenvalue weighted by atomic mass is 16.5. The Morgan fingerprint density at radius 3 is 2.50 bits per heavy atom. The van der Waals surface area contributed by atoms with Crippen LogP contribution in [0.15, 0.2) is 18.3 Å². The second-order valence-electron chi connectivity index (χ2n) is 5.42. The molecule has 0 bridgehead atoms. The van der Waals surface area contributed by atoms with Crippen molar-refractivity contribution < 1.29 is 19.4 Å². The van der Waals surface area contributed by atoms with E-state index in [4.69, 9.17) is 9.84 Å². The Bertz CT molecular complexity index is 545. The number of carboxylic acid groups (broad SMARTS) is 1. The molecule has 118 valence electrons. The summed E-state index contributed by atoms with van der Waals surface area (Å²) in [7, 11) is 0. The number of ether oxygens (including phenoxy) is 1. The van der Waals surface area contributed by atoms with Crippen molar-refractivity contribution in [3.8, 4) is 0 Å². The summed E-state index contributed by atoms with van der Waals surface area (Å²) in [6.45, 7) is 2.51. The van der Waals surface area contributed by atoms with E-state index in [1.165, 1.54) is 0 Å². The van der Waals surface area contributed by atoms with Gasteiger partial charge in [-0.1, -0.05) is 0 Å². The molecule has 3 heterocycles. The predicted octanol–water partition coefficient (Wildman–Crippen LogP) is -0.243. The number of nitrogens with zero attached hydrogens (tertiary/aromatic N) is 4. The lowest BCUT2D eigenvalue weighted by Crippen LogP contribution is -2.51. The van der Waals surface area contributed by atoms with Gasteiger partial charge in [0, 0.05) is 32.4 Å². The standard InChI is InChI=1S/C14H18N4O4/c19-13(10-3-4-11(22-10)14(20)21)18-8-6-17(7-9-18)12-2-1-5-15-16-12/h1-2,5,10-11H,3-4,6-9H2,(H,20,21)/t10-,11+/m0/s1. The van der Waals surface area contributed by atoms with Gasteiger partial charge in [-0.15, -0.1) is 5.10 Å². The topological polar surface area (TPSA) is 95.9 Å². The molecule has 8 nitrogen and oxygen atoms in total. The summed E-state index contributed by atoms with van der Waals surface area (Å²) in [5.74, 6) is -0.303. The molecule has 1 amide bonds. The van der Waals surface area contributed by atoms with Gasteiger partial charge in [0.1, 0.15) is 6.10 Å². The monoisotopic (exact) mass is 306 g/mol. The Hall–Kier alpha value is -2.22. The molecule has 1 aromatic heterocycles. The van der Waals surface area contributed by atoms with Crippen LogP contribution in [0.5, 0.6) is 0 Å². The molecule has 3 rings (SSSR count). The van der Waals surface area contributed by atoms with Gasteiger partial charge < -0.3 is 19.6 Å². The van der Waals surface area contributed by atoms with Crippen molar-refractivity contribution in [2.75, 3.05) is 31.1 Å². The van der Waals surface area contributed by atoms with Crippen molar-refractivity contribution in [2.45, 2.75) is 25.0 Å². The maximum Gasteiger partial charge on any atom is 0.332 e. The van der Waals surface area contributed by atoms with Gasteiger partial charge in [-0.25, -0.2) is 4.79 Å². The molecule has 22 heavy (non-hydrogen) atoms. The molecule has 1 aromatic rings. The SMILES string of the molecule is O=C(O)[C@H]1CC[C@@H](C(=O)N2CCN(c3cccnn3)CC2)O1. The van der Waals surface area contributed by atoms with E-state index in [0.717, 1.165) is 5.82 Å². The van der Waals surface area contributed by atoms with Crippen LogP contribution in [-0.4, -0.2) is 70.5 Å². The van der Waals surface area contributed by atoms with Gasteiger partial charge in [0.15, 0.2) is 11.9 Å². The third-order valence-electron chi connectivity index (χ3n) is 4.04. The first-order valence-electron chi connectivity index (χ1n) is 7.35. The molecular formula is C14H18N4O4. The van der Waals surface area contributed by atoms with Gasteiger partial charge in [-0.2, -0.15) is 5.10 Å². The van der Waals surface area contributed by atoms with Crippen LogP contribution in [0.4, 0.5) is 5.82 Å². The molecule has 0 saturated carbocycles. The molecule has 2 aliphatic rings. The van der Waals surface area contributed by atoms with E-state index in [-0.39, 0.29) is 5.91 Å². The first kappa shape index (κ1) is 14.7. The molecule has 0 spiro atoms. The van der Waals surface area contributed by atoms with Gasteiger partial charge >= 0.3 is 5.97 Å². The smallest absolute Gasteiger partial charge is 0.332 e. The Labute approximate surface area is 127 Å². The molecule has 2 fully saturated rings. The summed E-state index contributed by atoms with van der Waals surface area (Å²) in [6, 6.07) is 3.72. The van der Waals surface area contributed by atoms with E-state index in [1.807, 2.05) is 12.1 Å². The molecular weight excluding hydrogens is 288 g/mol. The highest BCUT2D eigenvalue weighted by Gasteiger charge is 2.37. The average molecular weight is 306 g/mol. The zero-order valence-corrected chi connectivity index (χ0v) is 12.1. The molecule has 2 saturated heterocycles. The van der Waals surface area contributed by atoms with Crippen molar-refractivity contribution in [3.05, 3.63) is 18.3 Å². The van der Waals surface area contributed by atoms with Gasteiger partial charge in [0.2, 0.25) is 0 Å². The van der Waals surface area contributed by atoms with Crippen LogP contribution in [0.2, 0.25) is 0 Å². The quantitative estimate of drug-likeness (QED) is 0.823. The van der Waals surface area contributed by atoms with E-state index in [0.29, 0.717) is 39.0 Å². The lowest BCUT2D eigenvalue weighted by Gasteiger charge is -2.36. The van der Waals surface area contributed by atoms with Crippen LogP contribution < -0.4 is 4.90 Å². The number of carboxylic acids is 1. The number of carbonyl (C=O) groups is 2. The van der Waals surface area contributed by atoms with E-state index in [9.17, 15) is 9.59 Å². The van der Waals surface area contributed by atoms with Crippen LogP contribution in [-0.2, 0) is 14.3 Å². The number of rotatable bonds is 3. The highest BCUT2D eigenvalue weighted by molar-refractivity contribution is 5.83. The van der Waals surface area contributed by atoms with Gasteiger partial charge in [-0.05, 0) is 25.0 Å². The Morgan fingerprint density at radius 2 is 1.91 bits per heavy atom. The molecule has 2 atom stereocenters. The van der Waals surface area contributed by atoms with E-state index in [2.05, 4.69) is 15.1 Å². The average Bonchev–Trinajstić information content (AvgIpc) is 3.05. The second-order valence-corrected chi connectivity index (χ2v) is 5.42. The fraction of sp³-hybridized carbons (Fsp3) is 0.571. The molecule has 2 aliphatic heterocycles. The number of aromatic nitrogens is 2. The lowest BCUT2D eigenvalue weighted by atomic mass is 10.1. The Balaban J connectivity index is 1.53. The maximum atomic E-state index is 12.4. The molecule has 8 heteroatoms. The van der Waals surface area contributed by atoms with E-state index in [1.54, 1.807) is 11.1 Å². The summed E-state index contributed by atoms with van der Waals surface area (Å²) >= 11 is 0. The van der Waals surface area contributed by atoms with E-state index >= 15 is 0 Å². The van der Waals surface area contributed by atoms with Crippen LogP contribution in [0, 0.1) is 0 Å². The zero-order valence-electron chi connectivity index (χ0n) is 12.1. The van der Waals surface area contributed by atoms with Gasteiger partial charge in [0.05, 0.1) is 0 Å². The van der Waals surface area contributed by atoms with Crippen LogP contribution >= 0.6 is 0 Å². The number of aliphatic carboxylic acids is 1. The van der Waals surface area contributed by atoms with Gasteiger partial charge in [-0.3, -0.25) is 4.79 Å². The Kier molecular flexibility index (Phi) is 4.19. The number of anilines is 1. The van der Waals surface area contributed by atoms with Crippen LogP contribution in [0.1, 0.15) is 12.8 Å². The molecule has 0 radical (unpaired) electrons. The first-order chi connectivity index (χ1) is 10.6. The van der Waals surface area contributed by atoms with Crippen molar-refractivity contribution in [1.82, 2.24) is 15.1 Å². The summed E-state index contributed by atoms with van der Waals surface area (Å²) in [4.78, 5) is 27.1. The minimum Gasteiger partial charge on any atom is -0.479 e. The largest absolute Gasteiger partial charge is 0.479 e. The number of hydrogen-bond acceptors (Lipinski definition) is 6. The first-order valence-corrected chi connectivity index (χ1v) is 7.35. The Morgan fingerprint density at radius 1 is 1.18 bits per heavy atom. The fourth-order valence-corrected chi connectivity index (χ4v) is 2.82. The predicted molar refractivity (Wildman–Crippen MR) is 76.4 cm³/mol. The van der Waals surface area contributed by atoms with E-state index < -0.39 is 18.2 Å². The number of amides is 1. The van der Waals surface area contributed by atoms with Crippen molar-refractivity contribution in [1.29, 1.82) is 0 Å². The summed E-state index contributed by atoms with van der Waals surface area (Å²) < 4.78 is 5.32. The number of hydrogen-bond donors (Lipinski definition) is 1. The minimum atomic E-state index is -0.997. The normalized spacial score (nSPS) is 25.3. The lowest BCUT2D eigenvalue weighted by molar-refractivity contribution is -0.154. The van der Waals surface area contributed by atoms with Crippen molar-refractivity contribution in [3.63, 3.8) is 0 Å². The van der Waals surface area contributed by atoms with Crippen molar-refractivity contribution >= 4 is 17.7 Å². The highest BCUT2D eigenvalue weighted by Crippen LogP contribution is 2.22. The van der Waals surface area contributed by atoms with Gasteiger partial charge in [0.25, 0.3) is 5.91 Å². The van der Waals surface area contributed by atoms with Crippen molar-refractivity contribution in [2.24, 2.45) is 0 Å². The third kappa shape index (κ3) is 3.01. The van der Waals surface area contributed by atoms with Crippen LogP contribution in [0.3, 0.4) is 0 Å². The third-order valence-corrected chi connectivity index (χ3v) is 4.04. The number of carbonyl (C=O) groups excluding carboxylic acids is 1. The summed E-state index contributed by atoms with van der Waals surface area (Å²) in [5, 5.41) is 16.8. The zero-order chi connectivity index (χ0) is 15.5.